The number of hydrogen-bond donors (Lipinski definition) is 1. The van der Waals surface area contributed by atoms with Crippen molar-refractivity contribution in [3.05, 3.63) is 60.4 Å². The zero-order valence-corrected chi connectivity index (χ0v) is 17.5. The maximum atomic E-state index is 12.4. The Morgan fingerprint density at radius 1 is 1.14 bits per heavy atom. The lowest BCUT2D eigenvalue weighted by Gasteiger charge is -2.15. The van der Waals surface area contributed by atoms with E-state index in [2.05, 4.69) is 15.5 Å². The molecule has 0 aliphatic carbocycles. The van der Waals surface area contributed by atoms with Gasteiger partial charge in [0.15, 0.2) is 17.1 Å². The predicted octanol–water partition coefficient (Wildman–Crippen LogP) is 4.18. The van der Waals surface area contributed by atoms with E-state index in [9.17, 15) is 4.79 Å². The fraction of sp³-hybridized carbons (Fsp3) is 0.286. The Kier molecular flexibility index (Phi) is 7.13. The fourth-order valence-electron chi connectivity index (χ4n) is 2.82. The summed E-state index contributed by atoms with van der Waals surface area (Å²) < 4.78 is 13.2. The first-order valence-electron chi connectivity index (χ1n) is 9.32. The van der Waals surface area contributed by atoms with Crippen LogP contribution in [0.4, 0.5) is 5.69 Å². The second kappa shape index (κ2) is 9.97. The van der Waals surface area contributed by atoms with Crippen molar-refractivity contribution in [2.24, 2.45) is 0 Å². The smallest absolute Gasteiger partial charge is 0.234 e. The minimum absolute atomic E-state index is 0.139. The number of carbonyl (C=O) groups is 1. The summed E-state index contributed by atoms with van der Waals surface area (Å²) in [6, 6.07) is 16.9. The SMILES string of the molecule is CCn1c(SCC(=O)Nc2ccccc2OC)nnc1[C@H](C)Oc1ccccc1. The van der Waals surface area contributed by atoms with Crippen molar-refractivity contribution in [2.45, 2.75) is 31.7 Å². The molecule has 8 heteroatoms. The van der Waals surface area contributed by atoms with E-state index in [-0.39, 0.29) is 17.8 Å². The molecule has 0 aliphatic rings. The first kappa shape index (κ1) is 20.7. The summed E-state index contributed by atoms with van der Waals surface area (Å²) in [7, 11) is 1.57. The number of para-hydroxylation sites is 3. The summed E-state index contributed by atoms with van der Waals surface area (Å²) in [4.78, 5) is 12.4. The first-order chi connectivity index (χ1) is 14.1. The number of carbonyl (C=O) groups excluding carboxylic acids is 1. The summed E-state index contributed by atoms with van der Waals surface area (Å²) in [5, 5.41) is 12.1. The maximum Gasteiger partial charge on any atom is 0.234 e. The van der Waals surface area contributed by atoms with E-state index < -0.39 is 0 Å². The van der Waals surface area contributed by atoms with E-state index in [1.54, 1.807) is 19.2 Å². The van der Waals surface area contributed by atoms with E-state index in [1.165, 1.54) is 11.8 Å². The molecule has 1 N–H and O–H groups in total. The Labute approximate surface area is 174 Å². The zero-order valence-electron chi connectivity index (χ0n) is 16.7. The van der Waals surface area contributed by atoms with E-state index in [4.69, 9.17) is 9.47 Å². The second-order valence-corrected chi connectivity index (χ2v) is 7.14. The topological polar surface area (TPSA) is 78.3 Å². The molecule has 0 fully saturated rings. The van der Waals surface area contributed by atoms with Crippen LogP contribution in [0.1, 0.15) is 25.8 Å². The lowest BCUT2D eigenvalue weighted by molar-refractivity contribution is -0.113. The third-order valence-electron chi connectivity index (χ3n) is 4.19. The lowest BCUT2D eigenvalue weighted by Crippen LogP contribution is -2.16. The van der Waals surface area contributed by atoms with Crippen molar-refractivity contribution in [2.75, 3.05) is 18.2 Å². The van der Waals surface area contributed by atoms with Crippen LogP contribution in [0.5, 0.6) is 11.5 Å². The van der Waals surface area contributed by atoms with Gasteiger partial charge in [-0.1, -0.05) is 42.1 Å². The van der Waals surface area contributed by atoms with Gasteiger partial charge >= 0.3 is 0 Å². The summed E-state index contributed by atoms with van der Waals surface area (Å²) in [6.45, 7) is 4.63. The molecule has 1 aromatic heterocycles. The van der Waals surface area contributed by atoms with Gasteiger partial charge in [-0.3, -0.25) is 4.79 Å². The minimum atomic E-state index is -0.262. The number of rotatable bonds is 9. The van der Waals surface area contributed by atoms with Crippen LogP contribution in [0.15, 0.2) is 59.8 Å². The largest absolute Gasteiger partial charge is 0.495 e. The number of hydrogen-bond acceptors (Lipinski definition) is 6. The molecule has 0 unspecified atom stereocenters. The van der Waals surface area contributed by atoms with Crippen molar-refractivity contribution in [1.82, 2.24) is 14.8 Å². The molecule has 3 rings (SSSR count). The van der Waals surface area contributed by atoms with Crippen LogP contribution in [0.3, 0.4) is 0 Å². The summed E-state index contributed by atoms with van der Waals surface area (Å²) in [5.74, 6) is 2.20. The molecule has 0 saturated heterocycles. The van der Waals surface area contributed by atoms with Crippen molar-refractivity contribution in [1.29, 1.82) is 0 Å². The Hall–Kier alpha value is -3.00. The minimum Gasteiger partial charge on any atom is -0.495 e. The standard InChI is InChI=1S/C21H24N4O3S/c1-4-25-20(15(2)28-16-10-6-5-7-11-16)23-24-21(25)29-14-19(26)22-17-12-8-9-13-18(17)27-3/h5-13,15H,4,14H2,1-3H3,(H,22,26)/t15-/m0/s1. The van der Waals surface area contributed by atoms with Crippen molar-refractivity contribution in [3.63, 3.8) is 0 Å². The monoisotopic (exact) mass is 412 g/mol. The number of ether oxygens (including phenoxy) is 2. The summed E-state index contributed by atoms with van der Waals surface area (Å²) >= 11 is 1.34. The predicted molar refractivity (Wildman–Crippen MR) is 114 cm³/mol. The van der Waals surface area contributed by atoms with Gasteiger partial charge in [0.2, 0.25) is 5.91 Å². The average Bonchev–Trinajstić information content (AvgIpc) is 3.16. The molecule has 2 aromatic carbocycles. The molecular formula is C21H24N4O3S. The van der Waals surface area contributed by atoms with Crippen LogP contribution in [0.25, 0.3) is 0 Å². The number of anilines is 1. The molecule has 0 spiro atoms. The van der Waals surface area contributed by atoms with Crippen LogP contribution in [-0.2, 0) is 11.3 Å². The fourth-order valence-corrected chi connectivity index (χ4v) is 3.63. The highest BCUT2D eigenvalue weighted by molar-refractivity contribution is 7.99. The number of thioether (sulfide) groups is 1. The van der Waals surface area contributed by atoms with Crippen LogP contribution in [0, 0.1) is 0 Å². The molecular weight excluding hydrogens is 388 g/mol. The maximum absolute atomic E-state index is 12.4. The van der Waals surface area contributed by atoms with Gasteiger partial charge < -0.3 is 19.4 Å². The first-order valence-corrected chi connectivity index (χ1v) is 10.3. The highest BCUT2D eigenvalue weighted by Crippen LogP contribution is 2.26. The van der Waals surface area contributed by atoms with Crippen LogP contribution < -0.4 is 14.8 Å². The quantitative estimate of drug-likeness (QED) is 0.531. The number of aromatic nitrogens is 3. The van der Waals surface area contributed by atoms with Gasteiger partial charge in [0.05, 0.1) is 18.6 Å². The normalized spacial score (nSPS) is 11.7. The zero-order chi connectivity index (χ0) is 20.6. The van der Waals surface area contributed by atoms with Gasteiger partial charge in [0.25, 0.3) is 0 Å². The molecule has 1 heterocycles. The Balaban J connectivity index is 1.63. The van der Waals surface area contributed by atoms with Gasteiger partial charge in [-0.25, -0.2) is 0 Å². The third kappa shape index (κ3) is 5.29. The Bertz CT molecular complexity index is 946. The molecule has 0 radical (unpaired) electrons. The number of amides is 1. The molecule has 0 aliphatic heterocycles. The highest BCUT2D eigenvalue weighted by Gasteiger charge is 2.19. The van der Waals surface area contributed by atoms with E-state index >= 15 is 0 Å². The summed E-state index contributed by atoms with van der Waals surface area (Å²) in [5.41, 5.74) is 0.642. The molecule has 152 valence electrons. The van der Waals surface area contributed by atoms with Crippen molar-refractivity contribution in [3.8, 4) is 11.5 Å². The van der Waals surface area contributed by atoms with Gasteiger partial charge in [0.1, 0.15) is 11.5 Å². The summed E-state index contributed by atoms with van der Waals surface area (Å²) in [6.07, 6.45) is -0.262. The lowest BCUT2D eigenvalue weighted by atomic mass is 10.3. The van der Waals surface area contributed by atoms with E-state index in [1.807, 2.05) is 60.9 Å². The van der Waals surface area contributed by atoms with Gasteiger partial charge in [-0.2, -0.15) is 0 Å². The van der Waals surface area contributed by atoms with Crippen LogP contribution in [0.2, 0.25) is 0 Å². The Morgan fingerprint density at radius 3 is 2.59 bits per heavy atom. The number of methoxy groups -OCH3 is 1. The highest BCUT2D eigenvalue weighted by atomic mass is 32.2. The number of benzene rings is 2. The van der Waals surface area contributed by atoms with Crippen LogP contribution in [-0.4, -0.2) is 33.5 Å². The van der Waals surface area contributed by atoms with Crippen molar-refractivity contribution >= 4 is 23.4 Å². The van der Waals surface area contributed by atoms with E-state index in [0.717, 1.165) is 11.6 Å². The average molecular weight is 413 g/mol. The van der Waals surface area contributed by atoms with E-state index in [0.29, 0.717) is 23.1 Å². The second-order valence-electron chi connectivity index (χ2n) is 6.20. The number of nitrogens with one attached hydrogen (secondary N) is 1. The molecule has 7 nitrogen and oxygen atoms in total. The Morgan fingerprint density at radius 2 is 1.86 bits per heavy atom. The molecule has 1 amide bonds. The molecule has 3 aromatic rings. The van der Waals surface area contributed by atoms with Gasteiger partial charge in [0, 0.05) is 6.54 Å². The van der Waals surface area contributed by atoms with Gasteiger partial charge in [-0.15, -0.1) is 10.2 Å². The van der Waals surface area contributed by atoms with Gasteiger partial charge in [-0.05, 0) is 38.1 Å². The van der Waals surface area contributed by atoms with Crippen molar-refractivity contribution < 1.29 is 14.3 Å². The number of nitrogens with zero attached hydrogens (tertiary/aromatic N) is 3. The molecule has 0 saturated carbocycles. The molecule has 29 heavy (non-hydrogen) atoms. The third-order valence-corrected chi connectivity index (χ3v) is 5.16. The van der Waals surface area contributed by atoms with Crippen LogP contribution >= 0.6 is 11.8 Å². The molecule has 1 atom stereocenters. The molecule has 0 bridgehead atoms.